The molecule has 0 saturated carbocycles. The van der Waals surface area contributed by atoms with Crippen LogP contribution in [0.3, 0.4) is 0 Å². The third-order valence-electron chi connectivity index (χ3n) is 3.58. The van der Waals surface area contributed by atoms with Gasteiger partial charge in [-0.05, 0) is 29.8 Å². The number of para-hydroxylation sites is 1. The first kappa shape index (κ1) is 19.2. The summed E-state index contributed by atoms with van der Waals surface area (Å²) in [6.45, 7) is 0.0624. The van der Waals surface area contributed by atoms with Crippen LogP contribution in [0, 0.1) is 5.82 Å². The number of amides is 1. The lowest BCUT2D eigenvalue weighted by atomic mass is 10.2. The first-order chi connectivity index (χ1) is 12.5. The Kier molecular flexibility index (Phi) is 6.96. The second-order valence-corrected chi connectivity index (χ2v) is 5.34. The SMILES string of the molecule is COc1ccc(COC(=O)CCNC(=O)c2ccccc2OC)cc1F. The molecular formula is C19H20FNO5. The Labute approximate surface area is 150 Å². The number of nitrogens with one attached hydrogen (secondary N) is 1. The maximum Gasteiger partial charge on any atom is 0.307 e. The Morgan fingerprint density at radius 1 is 1.04 bits per heavy atom. The number of esters is 1. The Hall–Kier alpha value is -3.09. The normalized spacial score (nSPS) is 10.1. The van der Waals surface area contributed by atoms with Gasteiger partial charge in [0.05, 0.1) is 26.2 Å². The maximum atomic E-state index is 13.6. The van der Waals surface area contributed by atoms with Crippen molar-refractivity contribution in [3.63, 3.8) is 0 Å². The smallest absolute Gasteiger partial charge is 0.307 e. The molecule has 2 aromatic carbocycles. The highest BCUT2D eigenvalue weighted by molar-refractivity contribution is 5.97. The maximum absolute atomic E-state index is 13.6. The zero-order chi connectivity index (χ0) is 18.9. The van der Waals surface area contributed by atoms with Crippen molar-refractivity contribution >= 4 is 11.9 Å². The summed E-state index contributed by atoms with van der Waals surface area (Å²) >= 11 is 0. The van der Waals surface area contributed by atoms with Gasteiger partial charge >= 0.3 is 5.97 Å². The molecule has 2 rings (SSSR count). The zero-order valence-electron chi connectivity index (χ0n) is 14.6. The summed E-state index contributed by atoms with van der Waals surface area (Å²) < 4.78 is 28.6. The lowest BCUT2D eigenvalue weighted by Crippen LogP contribution is -2.26. The molecule has 0 aromatic heterocycles. The highest BCUT2D eigenvalue weighted by Gasteiger charge is 2.12. The summed E-state index contributed by atoms with van der Waals surface area (Å²) in [6, 6.07) is 11.1. The number of hydrogen-bond acceptors (Lipinski definition) is 5. The van der Waals surface area contributed by atoms with E-state index in [2.05, 4.69) is 5.32 Å². The van der Waals surface area contributed by atoms with E-state index in [0.717, 1.165) is 0 Å². The fourth-order valence-corrected chi connectivity index (χ4v) is 2.24. The topological polar surface area (TPSA) is 73.9 Å². The molecule has 0 fully saturated rings. The van der Waals surface area contributed by atoms with Gasteiger partial charge in [0.25, 0.3) is 5.91 Å². The molecule has 0 bridgehead atoms. The minimum Gasteiger partial charge on any atom is -0.496 e. The molecule has 26 heavy (non-hydrogen) atoms. The average molecular weight is 361 g/mol. The van der Waals surface area contributed by atoms with Gasteiger partial charge in [0.2, 0.25) is 0 Å². The van der Waals surface area contributed by atoms with Crippen molar-refractivity contribution in [2.45, 2.75) is 13.0 Å². The van der Waals surface area contributed by atoms with Crippen LogP contribution in [0.4, 0.5) is 4.39 Å². The molecule has 0 heterocycles. The standard InChI is InChI=1S/C19H20FNO5/c1-24-16-6-4-3-5-14(16)19(23)21-10-9-18(22)26-12-13-7-8-17(25-2)15(20)11-13/h3-8,11H,9-10,12H2,1-2H3,(H,21,23). The second kappa shape index (κ2) is 9.41. The summed E-state index contributed by atoms with van der Waals surface area (Å²) in [6.07, 6.45) is -0.000470. The van der Waals surface area contributed by atoms with Crippen molar-refractivity contribution in [3.05, 3.63) is 59.4 Å². The second-order valence-electron chi connectivity index (χ2n) is 5.34. The van der Waals surface area contributed by atoms with Gasteiger partial charge in [0.15, 0.2) is 11.6 Å². The fourth-order valence-electron chi connectivity index (χ4n) is 2.24. The molecule has 0 spiro atoms. The number of benzene rings is 2. The van der Waals surface area contributed by atoms with Crippen LogP contribution < -0.4 is 14.8 Å². The Bertz CT molecular complexity index is 778. The summed E-state index contributed by atoms with van der Waals surface area (Å²) in [5, 5.41) is 2.63. The zero-order valence-corrected chi connectivity index (χ0v) is 14.6. The highest BCUT2D eigenvalue weighted by Crippen LogP contribution is 2.18. The van der Waals surface area contributed by atoms with Gasteiger partial charge in [-0.1, -0.05) is 18.2 Å². The van der Waals surface area contributed by atoms with E-state index in [9.17, 15) is 14.0 Å². The Morgan fingerprint density at radius 3 is 2.46 bits per heavy atom. The molecule has 2 aromatic rings. The van der Waals surface area contributed by atoms with Gasteiger partial charge in [0, 0.05) is 6.54 Å². The molecule has 0 aliphatic heterocycles. The van der Waals surface area contributed by atoms with Crippen LogP contribution in [0.1, 0.15) is 22.3 Å². The van der Waals surface area contributed by atoms with Crippen LogP contribution in [0.15, 0.2) is 42.5 Å². The number of ether oxygens (including phenoxy) is 3. The van der Waals surface area contributed by atoms with E-state index in [-0.39, 0.29) is 31.2 Å². The quantitative estimate of drug-likeness (QED) is 0.732. The Morgan fingerprint density at radius 2 is 1.77 bits per heavy atom. The number of carbonyl (C=O) groups is 2. The van der Waals surface area contributed by atoms with Gasteiger partial charge in [-0.25, -0.2) is 4.39 Å². The predicted molar refractivity (Wildman–Crippen MR) is 92.7 cm³/mol. The van der Waals surface area contributed by atoms with Crippen molar-refractivity contribution in [1.82, 2.24) is 5.32 Å². The van der Waals surface area contributed by atoms with E-state index in [1.165, 1.54) is 26.4 Å². The minimum absolute atomic E-state index is 0.000470. The monoisotopic (exact) mass is 361 g/mol. The largest absolute Gasteiger partial charge is 0.496 e. The highest BCUT2D eigenvalue weighted by atomic mass is 19.1. The van der Waals surface area contributed by atoms with E-state index < -0.39 is 11.8 Å². The van der Waals surface area contributed by atoms with Gasteiger partial charge in [-0.2, -0.15) is 0 Å². The van der Waals surface area contributed by atoms with E-state index in [1.807, 2.05) is 0 Å². The number of carbonyl (C=O) groups excluding carboxylic acids is 2. The van der Waals surface area contributed by atoms with Crippen LogP contribution in [0.25, 0.3) is 0 Å². The van der Waals surface area contributed by atoms with Crippen LogP contribution in [-0.2, 0) is 16.1 Å². The molecule has 1 amide bonds. The molecule has 0 saturated heterocycles. The third-order valence-corrected chi connectivity index (χ3v) is 3.58. The van der Waals surface area contributed by atoms with E-state index in [4.69, 9.17) is 14.2 Å². The molecule has 138 valence electrons. The number of rotatable bonds is 8. The number of methoxy groups -OCH3 is 2. The van der Waals surface area contributed by atoms with Crippen LogP contribution in [0.2, 0.25) is 0 Å². The lowest BCUT2D eigenvalue weighted by Gasteiger charge is -2.09. The summed E-state index contributed by atoms with van der Waals surface area (Å²) in [7, 11) is 2.85. The number of halogens is 1. The molecule has 0 aliphatic carbocycles. The van der Waals surface area contributed by atoms with Crippen LogP contribution in [-0.4, -0.2) is 32.6 Å². The van der Waals surface area contributed by atoms with E-state index in [0.29, 0.717) is 16.9 Å². The van der Waals surface area contributed by atoms with Crippen molar-refractivity contribution < 1.29 is 28.2 Å². The fraction of sp³-hybridized carbons (Fsp3) is 0.263. The van der Waals surface area contributed by atoms with Crippen molar-refractivity contribution in [1.29, 1.82) is 0 Å². The van der Waals surface area contributed by atoms with Gasteiger partial charge in [0.1, 0.15) is 12.4 Å². The molecule has 0 unspecified atom stereocenters. The number of hydrogen-bond donors (Lipinski definition) is 1. The summed E-state index contributed by atoms with van der Waals surface area (Å²) in [5.41, 5.74) is 0.895. The lowest BCUT2D eigenvalue weighted by molar-refractivity contribution is -0.144. The van der Waals surface area contributed by atoms with Crippen molar-refractivity contribution in [2.75, 3.05) is 20.8 Å². The first-order valence-electron chi connectivity index (χ1n) is 7.94. The Balaban J connectivity index is 1.77. The average Bonchev–Trinajstić information content (AvgIpc) is 2.66. The molecule has 7 heteroatoms. The molecule has 0 radical (unpaired) electrons. The van der Waals surface area contributed by atoms with Gasteiger partial charge < -0.3 is 19.5 Å². The minimum atomic E-state index is -0.523. The van der Waals surface area contributed by atoms with Crippen LogP contribution >= 0.6 is 0 Å². The van der Waals surface area contributed by atoms with E-state index in [1.54, 1.807) is 30.3 Å². The summed E-state index contributed by atoms with van der Waals surface area (Å²) in [4.78, 5) is 23.8. The first-order valence-corrected chi connectivity index (χ1v) is 7.94. The molecule has 0 atom stereocenters. The molecular weight excluding hydrogens is 341 g/mol. The van der Waals surface area contributed by atoms with Gasteiger partial charge in [-0.15, -0.1) is 0 Å². The van der Waals surface area contributed by atoms with Gasteiger partial charge in [-0.3, -0.25) is 9.59 Å². The summed E-state index contributed by atoms with van der Waals surface area (Å²) in [5.74, 6) is -0.785. The van der Waals surface area contributed by atoms with E-state index >= 15 is 0 Å². The molecule has 0 aliphatic rings. The third kappa shape index (κ3) is 5.20. The molecule has 1 N–H and O–H groups in total. The van der Waals surface area contributed by atoms with Crippen molar-refractivity contribution in [3.8, 4) is 11.5 Å². The van der Waals surface area contributed by atoms with Crippen LogP contribution in [0.5, 0.6) is 11.5 Å². The van der Waals surface area contributed by atoms with Crippen molar-refractivity contribution in [2.24, 2.45) is 0 Å². The molecule has 6 nitrogen and oxygen atoms in total. The predicted octanol–water partition coefficient (Wildman–Crippen LogP) is 2.71.